The van der Waals surface area contributed by atoms with Crippen LogP contribution in [0.15, 0.2) is 30.3 Å². The molecule has 0 unspecified atom stereocenters. The third kappa shape index (κ3) is 4.21. The lowest BCUT2D eigenvalue weighted by Crippen LogP contribution is -2.42. The second-order valence-electron chi connectivity index (χ2n) is 5.47. The average Bonchev–Trinajstić information content (AvgIpc) is 2.98. The second kappa shape index (κ2) is 7.11. The number of carbonyl (C=O) groups is 2. The first-order valence-corrected chi connectivity index (χ1v) is 7.39. The van der Waals surface area contributed by atoms with Crippen molar-refractivity contribution in [2.75, 3.05) is 13.1 Å². The Morgan fingerprint density at radius 2 is 1.76 bits per heavy atom. The van der Waals surface area contributed by atoms with Crippen molar-refractivity contribution in [2.45, 2.75) is 38.8 Å². The number of hydrogen-bond acceptors (Lipinski definition) is 3. The van der Waals surface area contributed by atoms with Crippen molar-refractivity contribution in [1.29, 1.82) is 0 Å². The Labute approximate surface area is 125 Å². The van der Waals surface area contributed by atoms with Gasteiger partial charge in [0.1, 0.15) is 6.04 Å². The Morgan fingerprint density at radius 1 is 1.14 bits per heavy atom. The Bertz CT molecular complexity index is 482. The van der Waals surface area contributed by atoms with Crippen LogP contribution in [0.3, 0.4) is 0 Å². The van der Waals surface area contributed by atoms with E-state index in [9.17, 15) is 9.59 Å². The van der Waals surface area contributed by atoms with Crippen LogP contribution in [0.5, 0.6) is 0 Å². The fraction of sp³-hybridized carbons (Fsp3) is 0.500. The number of benzene rings is 1. The van der Waals surface area contributed by atoms with E-state index in [4.69, 9.17) is 4.74 Å². The van der Waals surface area contributed by atoms with E-state index in [0.29, 0.717) is 0 Å². The zero-order valence-corrected chi connectivity index (χ0v) is 12.5. The molecule has 1 aliphatic rings. The van der Waals surface area contributed by atoms with Crippen molar-refractivity contribution in [3.8, 4) is 0 Å². The number of nitrogens with one attached hydrogen (secondary N) is 1. The number of ether oxygens (including phenoxy) is 1. The monoisotopic (exact) mass is 290 g/mol. The maximum Gasteiger partial charge on any atom is 0.408 e. The van der Waals surface area contributed by atoms with Crippen molar-refractivity contribution < 1.29 is 14.3 Å². The largest absolute Gasteiger partial charge is 0.447 e. The van der Waals surface area contributed by atoms with Gasteiger partial charge in [-0.2, -0.15) is 0 Å². The minimum atomic E-state index is -0.685. The number of carbonyl (C=O) groups excluding carboxylic acids is 2. The molecule has 1 aliphatic heterocycles. The molecule has 1 N–H and O–H groups in total. The maximum absolute atomic E-state index is 12.6. The molecule has 5 nitrogen and oxygen atoms in total. The molecule has 1 heterocycles. The van der Waals surface area contributed by atoms with Crippen molar-refractivity contribution >= 4 is 12.0 Å². The highest BCUT2D eigenvalue weighted by Gasteiger charge is 2.29. The lowest BCUT2D eigenvalue weighted by atomic mass is 10.1. The van der Waals surface area contributed by atoms with E-state index in [2.05, 4.69) is 5.32 Å². The van der Waals surface area contributed by atoms with Crippen molar-refractivity contribution in [3.63, 3.8) is 0 Å². The SMILES string of the molecule is CC(C)OC(=O)N[C@@H](C(=O)N1CCCC1)c1ccccc1. The van der Waals surface area contributed by atoms with Crippen LogP contribution < -0.4 is 5.32 Å². The molecule has 5 heteroatoms. The topological polar surface area (TPSA) is 58.6 Å². The van der Waals surface area contributed by atoms with E-state index in [1.165, 1.54) is 0 Å². The highest BCUT2D eigenvalue weighted by molar-refractivity contribution is 5.87. The predicted octanol–water partition coefficient (Wildman–Crippen LogP) is 2.48. The van der Waals surface area contributed by atoms with Gasteiger partial charge in [0.15, 0.2) is 0 Å². The summed E-state index contributed by atoms with van der Waals surface area (Å²) in [4.78, 5) is 26.3. The van der Waals surface area contributed by atoms with Crippen molar-refractivity contribution in [3.05, 3.63) is 35.9 Å². The molecule has 1 aromatic carbocycles. The van der Waals surface area contributed by atoms with Gasteiger partial charge in [-0.1, -0.05) is 30.3 Å². The number of likely N-dealkylation sites (tertiary alicyclic amines) is 1. The summed E-state index contributed by atoms with van der Waals surface area (Å²) in [6, 6.07) is 8.59. The van der Waals surface area contributed by atoms with Gasteiger partial charge >= 0.3 is 6.09 Å². The standard InChI is InChI=1S/C16H22N2O3/c1-12(2)21-16(20)17-14(13-8-4-3-5-9-13)15(19)18-10-6-7-11-18/h3-5,8-9,12,14H,6-7,10-11H2,1-2H3,(H,17,20)/t14-/m1/s1. The maximum atomic E-state index is 12.6. The average molecular weight is 290 g/mol. The van der Waals surface area contributed by atoms with E-state index in [1.807, 2.05) is 30.3 Å². The first-order chi connectivity index (χ1) is 10.1. The molecule has 114 valence electrons. The van der Waals surface area contributed by atoms with Crippen LogP contribution in [-0.4, -0.2) is 36.1 Å². The van der Waals surface area contributed by atoms with Gasteiger partial charge in [0.25, 0.3) is 0 Å². The van der Waals surface area contributed by atoms with Crippen molar-refractivity contribution in [2.24, 2.45) is 0 Å². The van der Waals surface area contributed by atoms with Crippen LogP contribution in [0.4, 0.5) is 4.79 Å². The third-order valence-electron chi connectivity index (χ3n) is 3.40. The summed E-state index contributed by atoms with van der Waals surface area (Å²) < 4.78 is 5.09. The molecule has 1 saturated heterocycles. The first kappa shape index (κ1) is 15.4. The van der Waals surface area contributed by atoms with Crippen LogP contribution in [-0.2, 0) is 9.53 Å². The number of nitrogens with zero attached hydrogens (tertiary/aromatic N) is 1. The Hall–Kier alpha value is -2.04. The zero-order valence-electron chi connectivity index (χ0n) is 12.5. The molecule has 0 bridgehead atoms. The number of hydrogen-bond donors (Lipinski definition) is 1. The first-order valence-electron chi connectivity index (χ1n) is 7.39. The van der Waals surface area contributed by atoms with Gasteiger partial charge in [0.2, 0.25) is 5.91 Å². The molecular formula is C16H22N2O3. The normalized spacial score (nSPS) is 15.9. The van der Waals surface area contributed by atoms with Gasteiger partial charge < -0.3 is 15.0 Å². The molecule has 0 spiro atoms. The van der Waals surface area contributed by atoms with Crippen LogP contribution in [0.2, 0.25) is 0 Å². The molecule has 0 radical (unpaired) electrons. The summed E-state index contributed by atoms with van der Waals surface area (Å²) in [7, 11) is 0. The van der Waals surface area contributed by atoms with E-state index in [1.54, 1.807) is 18.7 Å². The summed E-state index contributed by atoms with van der Waals surface area (Å²) in [6.07, 6.45) is 1.25. The second-order valence-corrected chi connectivity index (χ2v) is 5.47. The van der Waals surface area contributed by atoms with Gasteiger partial charge in [0, 0.05) is 13.1 Å². The van der Waals surface area contributed by atoms with Crippen LogP contribution in [0.25, 0.3) is 0 Å². The minimum Gasteiger partial charge on any atom is -0.447 e. The highest BCUT2D eigenvalue weighted by Crippen LogP contribution is 2.19. The third-order valence-corrected chi connectivity index (χ3v) is 3.40. The molecule has 21 heavy (non-hydrogen) atoms. The van der Waals surface area contributed by atoms with Gasteiger partial charge in [-0.3, -0.25) is 4.79 Å². The van der Waals surface area contributed by atoms with Crippen LogP contribution in [0.1, 0.15) is 38.3 Å². The quantitative estimate of drug-likeness (QED) is 0.926. The summed E-state index contributed by atoms with van der Waals surface area (Å²) in [6.45, 7) is 5.06. The van der Waals surface area contributed by atoms with Crippen LogP contribution >= 0.6 is 0 Å². The highest BCUT2D eigenvalue weighted by atomic mass is 16.6. The molecule has 1 aromatic rings. The van der Waals surface area contributed by atoms with Gasteiger partial charge in [-0.05, 0) is 32.3 Å². The summed E-state index contributed by atoms with van der Waals surface area (Å²) in [5.74, 6) is -0.0700. The molecule has 1 atom stereocenters. The predicted molar refractivity (Wildman–Crippen MR) is 79.7 cm³/mol. The Kier molecular flexibility index (Phi) is 5.20. The molecule has 1 fully saturated rings. The van der Waals surface area contributed by atoms with E-state index in [-0.39, 0.29) is 12.0 Å². The molecule has 2 rings (SSSR count). The summed E-state index contributed by atoms with van der Waals surface area (Å²) in [5, 5.41) is 2.69. The Balaban J connectivity index is 2.14. The summed E-state index contributed by atoms with van der Waals surface area (Å²) >= 11 is 0. The molecule has 0 aliphatic carbocycles. The van der Waals surface area contributed by atoms with Crippen LogP contribution in [0, 0.1) is 0 Å². The number of rotatable bonds is 4. The minimum absolute atomic E-state index is 0.0700. The molecule has 0 aromatic heterocycles. The zero-order chi connectivity index (χ0) is 15.2. The van der Waals surface area contributed by atoms with Gasteiger partial charge in [-0.25, -0.2) is 4.79 Å². The lowest BCUT2D eigenvalue weighted by Gasteiger charge is -2.24. The van der Waals surface area contributed by atoms with E-state index >= 15 is 0 Å². The molecular weight excluding hydrogens is 268 g/mol. The fourth-order valence-electron chi connectivity index (χ4n) is 2.42. The lowest BCUT2D eigenvalue weighted by molar-refractivity contribution is -0.132. The van der Waals surface area contributed by atoms with Gasteiger partial charge in [0.05, 0.1) is 6.10 Å². The van der Waals surface area contributed by atoms with Gasteiger partial charge in [-0.15, -0.1) is 0 Å². The van der Waals surface area contributed by atoms with Crippen molar-refractivity contribution in [1.82, 2.24) is 10.2 Å². The van der Waals surface area contributed by atoms with E-state index in [0.717, 1.165) is 31.5 Å². The number of alkyl carbamates (subject to hydrolysis) is 1. The smallest absolute Gasteiger partial charge is 0.408 e. The molecule has 2 amide bonds. The Morgan fingerprint density at radius 3 is 2.33 bits per heavy atom. The summed E-state index contributed by atoms with van der Waals surface area (Å²) in [5.41, 5.74) is 0.773. The molecule has 0 saturated carbocycles. The van der Waals surface area contributed by atoms with E-state index < -0.39 is 12.1 Å². The number of amides is 2. The fourth-order valence-corrected chi connectivity index (χ4v) is 2.42.